The van der Waals surface area contributed by atoms with Gasteiger partial charge in [-0.2, -0.15) is 0 Å². The smallest absolute Gasteiger partial charge is 0.252 e. The Bertz CT molecular complexity index is 986. The molecular weight excluding hydrogens is 385 g/mol. The second kappa shape index (κ2) is 8.61. The fraction of sp³-hybridized carbons (Fsp3) is 0.200. The van der Waals surface area contributed by atoms with Gasteiger partial charge in [0.2, 0.25) is 0 Å². The van der Waals surface area contributed by atoms with Crippen molar-refractivity contribution in [2.75, 3.05) is 32.1 Å². The molecule has 1 amide bonds. The average molecular weight is 404 g/mol. The summed E-state index contributed by atoms with van der Waals surface area (Å²) in [5.41, 5.74) is 1.05. The first-order chi connectivity index (χ1) is 13.0. The summed E-state index contributed by atoms with van der Waals surface area (Å²) in [7, 11) is 3.86. The van der Waals surface area contributed by atoms with Crippen LogP contribution in [0, 0.1) is 5.82 Å². The van der Waals surface area contributed by atoms with Crippen molar-refractivity contribution in [2.24, 2.45) is 0 Å². The summed E-state index contributed by atoms with van der Waals surface area (Å²) in [6.07, 6.45) is 3.15. The summed E-state index contributed by atoms with van der Waals surface area (Å²) >= 11 is 7.44. The Labute approximate surface area is 166 Å². The van der Waals surface area contributed by atoms with Gasteiger partial charge in [0.15, 0.2) is 5.13 Å². The van der Waals surface area contributed by atoms with Crippen molar-refractivity contribution in [2.45, 2.75) is 0 Å². The number of halogens is 2. The monoisotopic (exact) mass is 403 g/mol. The van der Waals surface area contributed by atoms with Gasteiger partial charge in [0.25, 0.3) is 5.91 Å². The third-order valence-corrected chi connectivity index (χ3v) is 5.32. The fourth-order valence-corrected chi connectivity index (χ4v) is 3.69. The zero-order valence-corrected chi connectivity index (χ0v) is 16.6. The number of rotatable bonds is 6. The van der Waals surface area contributed by atoms with Crippen molar-refractivity contribution in [1.29, 1.82) is 0 Å². The predicted molar refractivity (Wildman–Crippen MR) is 111 cm³/mol. The molecular formula is C20H19ClFN3OS. The number of nitrogens with zero attached hydrogens (tertiary/aromatic N) is 3. The molecule has 0 spiro atoms. The number of hydrogen-bond acceptors (Lipinski definition) is 4. The van der Waals surface area contributed by atoms with Crippen LogP contribution in [0.25, 0.3) is 16.3 Å². The molecule has 27 heavy (non-hydrogen) atoms. The van der Waals surface area contributed by atoms with E-state index in [1.54, 1.807) is 29.2 Å². The number of fused-ring (bicyclic) bond motifs is 1. The maximum atomic E-state index is 14.0. The molecule has 4 nitrogen and oxygen atoms in total. The van der Waals surface area contributed by atoms with E-state index in [0.29, 0.717) is 27.9 Å². The molecule has 3 aromatic rings. The lowest BCUT2D eigenvalue weighted by atomic mass is 10.2. The van der Waals surface area contributed by atoms with Gasteiger partial charge in [-0.1, -0.05) is 47.2 Å². The highest BCUT2D eigenvalue weighted by Crippen LogP contribution is 2.30. The number of para-hydroxylation sites is 1. The summed E-state index contributed by atoms with van der Waals surface area (Å²) in [6.45, 7) is 1.10. The zero-order chi connectivity index (χ0) is 19.4. The first kappa shape index (κ1) is 19.5. The minimum absolute atomic E-state index is 0.226. The van der Waals surface area contributed by atoms with Gasteiger partial charge in [0.05, 0.1) is 4.70 Å². The largest absolute Gasteiger partial charge is 0.308 e. The molecule has 0 bridgehead atoms. The minimum atomic E-state index is -0.387. The summed E-state index contributed by atoms with van der Waals surface area (Å²) in [4.78, 5) is 20.8. The van der Waals surface area contributed by atoms with E-state index in [4.69, 9.17) is 11.6 Å². The number of carbonyl (C=O) groups is 1. The molecule has 0 N–H and O–H groups in total. The minimum Gasteiger partial charge on any atom is -0.308 e. The van der Waals surface area contributed by atoms with Crippen LogP contribution in [0.5, 0.6) is 0 Å². The van der Waals surface area contributed by atoms with E-state index in [-0.39, 0.29) is 17.2 Å². The number of amides is 1. The highest BCUT2D eigenvalue weighted by molar-refractivity contribution is 7.22. The van der Waals surface area contributed by atoms with E-state index >= 15 is 0 Å². The molecule has 0 atom stereocenters. The zero-order valence-electron chi connectivity index (χ0n) is 15.0. The second-order valence-electron chi connectivity index (χ2n) is 6.23. The second-order valence-corrected chi connectivity index (χ2v) is 7.65. The Kier molecular flexibility index (Phi) is 6.21. The van der Waals surface area contributed by atoms with Crippen LogP contribution in [-0.2, 0) is 4.79 Å². The number of aromatic nitrogens is 1. The lowest BCUT2D eigenvalue weighted by Crippen LogP contribution is -2.35. The summed E-state index contributed by atoms with van der Waals surface area (Å²) in [5.74, 6) is -0.613. The Balaban J connectivity index is 1.91. The molecule has 0 aliphatic carbocycles. The molecule has 0 unspecified atom stereocenters. The van der Waals surface area contributed by atoms with Gasteiger partial charge in [0.1, 0.15) is 11.3 Å². The van der Waals surface area contributed by atoms with Crippen molar-refractivity contribution < 1.29 is 9.18 Å². The van der Waals surface area contributed by atoms with Crippen molar-refractivity contribution in [1.82, 2.24) is 9.88 Å². The number of thiazole rings is 1. The molecule has 3 rings (SSSR count). The van der Waals surface area contributed by atoms with E-state index in [1.165, 1.54) is 23.5 Å². The lowest BCUT2D eigenvalue weighted by Gasteiger charge is -2.20. The molecule has 140 valence electrons. The van der Waals surface area contributed by atoms with E-state index < -0.39 is 0 Å². The van der Waals surface area contributed by atoms with Crippen LogP contribution >= 0.6 is 22.9 Å². The highest BCUT2D eigenvalue weighted by atomic mass is 35.5. The molecule has 1 aromatic heterocycles. The maximum Gasteiger partial charge on any atom is 0.252 e. The summed E-state index contributed by atoms with van der Waals surface area (Å²) in [6, 6.07) is 12.1. The van der Waals surface area contributed by atoms with E-state index in [9.17, 15) is 9.18 Å². The van der Waals surface area contributed by atoms with Crippen molar-refractivity contribution in [3.8, 4) is 0 Å². The van der Waals surface area contributed by atoms with Crippen LogP contribution in [-0.4, -0.2) is 43.0 Å². The first-order valence-corrected chi connectivity index (χ1v) is 9.59. The molecule has 7 heteroatoms. The van der Waals surface area contributed by atoms with E-state index in [2.05, 4.69) is 4.98 Å². The van der Waals surface area contributed by atoms with Crippen LogP contribution in [0.4, 0.5) is 9.52 Å². The maximum absolute atomic E-state index is 14.0. The molecule has 1 heterocycles. The SMILES string of the molecule is CN(C)CCN(C(=O)/C=C/c1ccccc1Cl)c1nc2c(F)cccc2s1. The number of likely N-dealkylation sites (N-methyl/N-ethyl adjacent to an activating group) is 1. The van der Waals surface area contributed by atoms with Crippen LogP contribution in [0.15, 0.2) is 48.5 Å². The average Bonchev–Trinajstić information content (AvgIpc) is 3.06. The van der Waals surface area contributed by atoms with Gasteiger partial charge in [-0.05, 0) is 43.9 Å². The molecule has 0 fully saturated rings. The van der Waals surface area contributed by atoms with Gasteiger partial charge in [-0.25, -0.2) is 9.37 Å². The predicted octanol–water partition coefficient (Wildman–Crippen LogP) is 4.70. The summed E-state index contributed by atoms with van der Waals surface area (Å²) in [5, 5.41) is 1.05. The van der Waals surface area contributed by atoms with E-state index in [0.717, 1.165) is 5.56 Å². The highest BCUT2D eigenvalue weighted by Gasteiger charge is 2.19. The van der Waals surface area contributed by atoms with Gasteiger partial charge in [-0.15, -0.1) is 0 Å². The number of benzene rings is 2. The number of carbonyl (C=O) groups excluding carboxylic acids is 1. The Morgan fingerprint density at radius 3 is 2.67 bits per heavy atom. The third kappa shape index (κ3) is 4.71. The van der Waals surface area contributed by atoms with Crippen LogP contribution in [0.3, 0.4) is 0 Å². The normalized spacial score (nSPS) is 11.6. The quantitative estimate of drug-likeness (QED) is 0.560. The summed E-state index contributed by atoms with van der Waals surface area (Å²) < 4.78 is 14.7. The van der Waals surface area contributed by atoms with Gasteiger partial charge in [-0.3, -0.25) is 9.69 Å². The lowest BCUT2D eigenvalue weighted by molar-refractivity contribution is -0.114. The number of anilines is 1. The molecule has 0 aliphatic heterocycles. The molecule has 0 aliphatic rings. The molecule has 0 saturated heterocycles. The van der Waals surface area contributed by atoms with Crippen molar-refractivity contribution in [3.05, 3.63) is 64.9 Å². The third-order valence-electron chi connectivity index (χ3n) is 3.94. The standard InChI is InChI=1S/C20H19ClFN3OS/c1-24(2)12-13-25(18(26)11-10-14-6-3-4-7-15(14)21)20-23-19-16(22)8-5-9-17(19)27-20/h3-11H,12-13H2,1-2H3/b11-10+. The van der Waals surface area contributed by atoms with Crippen molar-refractivity contribution >= 4 is 50.3 Å². The van der Waals surface area contributed by atoms with E-state index in [1.807, 2.05) is 37.2 Å². The van der Waals surface area contributed by atoms with Crippen LogP contribution in [0.2, 0.25) is 5.02 Å². The number of hydrogen-bond donors (Lipinski definition) is 0. The fourth-order valence-electron chi connectivity index (χ4n) is 2.48. The Morgan fingerprint density at radius 1 is 1.19 bits per heavy atom. The van der Waals surface area contributed by atoms with Gasteiger partial charge >= 0.3 is 0 Å². The van der Waals surface area contributed by atoms with Crippen LogP contribution < -0.4 is 4.90 Å². The van der Waals surface area contributed by atoms with Gasteiger partial charge < -0.3 is 4.90 Å². The Morgan fingerprint density at radius 2 is 1.96 bits per heavy atom. The Hall–Kier alpha value is -2.28. The molecule has 2 aromatic carbocycles. The topological polar surface area (TPSA) is 36.4 Å². The molecule has 0 radical (unpaired) electrons. The van der Waals surface area contributed by atoms with Crippen LogP contribution in [0.1, 0.15) is 5.56 Å². The van der Waals surface area contributed by atoms with Crippen molar-refractivity contribution in [3.63, 3.8) is 0 Å². The van der Waals surface area contributed by atoms with Gasteiger partial charge in [0, 0.05) is 24.2 Å². The molecule has 0 saturated carbocycles. The first-order valence-electron chi connectivity index (χ1n) is 8.39.